The molecule has 0 unspecified atom stereocenters. The molecule has 5 nitrogen and oxygen atoms in total. The van der Waals surface area contributed by atoms with Crippen molar-refractivity contribution >= 4 is 11.9 Å². The van der Waals surface area contributed by atoms with Gasteiger partial charge >= 0.3 is 6.18 Å². The number of hydrogen-bond acceptors (Lipinski definition) is 4. The lowest BCUT2D eigenvalue weighted by Crippen LogP contribution is -2.29. The highest BCUT2D eigenvalue weighted by Gasteiger charge is 2.32. The van der Waals surface area contributed by atoms with Crippen molar-refractivity contribution in [3.05, 3.63) is 53.9 Å². The molecule has 1 aromatic heterocycles. The van der Waals surface area contributed by atoms with Crippen LogP contribution in [0.4, 0.5) is 19.1 Å². The van der Waals surface area contributed by atoms with Crippen LogP contribution in [0.2, 0.25) is 0 Å². The van der Waals surface area contributed by atoms with Crippen molar-refractivity contribution in [1.82, 2.24) is 15.3 Å². The Balaban J connectivity index is 1.81. The molecule has 22 heavy (non-hydrogen) atoms. The molecule has 116 valence electrons. The van der Waals surface area contributed by atoms with Crippen LogP contribution in [0.3, 0.4) is 0 Å². The summed E-state index contributed by atoms with van der Waals surface area (Å²) in [7, 11) is 0. The molecule has 1 amide bonds. The van der Waals surface area contributed by atoms with Crippen LogP contribution in [0.1, 0.15) is 16.1 Å². The topological polar surface area (TPSA) is 66.9 Å². The smallest absolute Gasteiger partial charge is 0.352 e. The van der Waals surface area contributed by atoms with Crippen molar-refractivity contribution < 1.29 is 18.0 Å². The molecule has 0 aliphatic rings. The van der Waals surface area contributed by atoms with E-state index in [1.165, 1.54) is 0 Å². The second-order valence-corrected chi connectivity index (χ2v) is 4.31. The number of amides is 1. The number of aromatic nitrogens is 2. The summed E-state index contributed by atoms with van der Waals surface area (Å²) < 4.78 is 37.4. The van der Waals surface area contributed by atoms with E-state index in [1.54, 1.807) is 30.3 Å². The van der Waals surface area contributed by atoms with Crippen LogP contribution in [0.5, 0.6) is 0 Å². The quantitative estimate of drug-likeness (QED) is 0.832. The summed E-state index contributed by atoms with van der Waals surface area (Å²) >= 11 is 0. The maximum absolute atomic E-state index is 12.5. The number of benzene rings is 1. The molecular weight excluding hydrogens is 297 g/mol. The summed E-state index contributed by atoms with van der Waals surface area (Å²) in [4.78, 5) is 18.8. The Labute approximate surface area is 124 Å². The van der Waals surface area contributed by atoms with Gasteiger partial charge in [0, 0.05) is 24.8 Å². The first-order valence-electron chi connectivity index (χ1n) is 6.44. The molecule has 2 N–H and O–H groups in total. The molecule has 0 spiro atoms. The van der Waals surface area contributed by atoms with Crippen molar-refractivity contribution in [1.29, 1.82) is 0 Å². The minimum Gasteiger partial charge on any atom is -0.352 e. The number of carbonyl (C=O) groups excluding carboxylic acids is 1. The average molecular weight is 310 g/mol. The normalized spacial score (nSPS) is 11.0. The second-order valence-electron chi connectivity index (χ2n) is 4.31. The number of rotatable bonds is 5. The van der Waals surface area contributed by atoms with Gasteiger partial charge in [0.05, 0.1) is 0 Å². The van der Waals surface area contributed by atoms with Gasteiger partial charge in [0.15, 0.2) is 0 Å². The van der Waals surface area contributed by atoms with Crippen LogP contribution in [0.15, 0.2) is 42.6 Å². The van der Waals surface area contributed by atoms with Crippen LogP contribution in [-0.2, 0) is 6.18 Å². The van der Waals surface area contributed by atoms with E-state index in [9.17, 15) is 18.0 Å². The van der Waals surface area contributed by atoms with Crippen molar-refractivity contribution in [2.24, 2.45) is 0 Å². The third-order valence-corrected chi connectivity index (χ3v) is 2.68. The van der Waals surface area contributed by atoms with Gasteiger partial charge in [-0.3, -0.25) is 4.79 Å². The molecular formula is C14H13F3N4O. The second kappa shape index (κ2) is 6.88. The summed E-state index contributed by atoms with van der Waals surface area (Å²) in [6, 6.07) is 9.40. The third kappa shape index (κ3) is 4.44. The van der Waals surface area contributed by atoms with Gasteiger partial charge in [-0.15, -0.1) is 0 Å². The Kier molecular flexibility index (Phi) is 4.92. The van der Waals surface area contributed by atoms with Gasteiger partial charge in [0.2, 0.25) is 5.95 Å². The van der Waals surface area contributed by atoms with E-state index in [-0.39, 0.29) is 24.9 Å². The third-order valence-electron chi connectivity index (χ3n) is 2.68. The molecule has 0 atom stereocenters. The van der Waals surface area contributed by atoms with Crippen molar-refractivity contribution in [2.45, 2.75) is 6.18 Å². The fourth-order valence-corrected chi connectivity index (χ4v) is 1.64. The SMILES string of the molecule is O=C(NCCNc1nccc(C(F)(F)F)n1)c1ccccc1. The molecule has 0 radical (unpaired) electrons. The minimum atomic E-state index is -4.51. The Bertz CT molecular complexity index is 631. The standard InChI is InChI=1S/C14H13F3N4O/c15-14(16,17)11-6-7-19-13(21-11)20-9-8-18-12(22)10-4-2-1-3-5-10/h1-7H,8-9H2,(H,18,22)(H,19,20,21). The Hall–Kier alpha value is -2.64. The number of anilines is 1. The first-order chi connectivity index (χ1) is 10.5. The zero-order valence-corrected chi connectivity index (χ0v) is 11.4. The fourth-order valence-electron chi connectivity index (χ4n) is 1.64. The van der Waals surface area contributed by atoms with Gasteiger partial charge in [0.25, 0.3) is 5.91 Å². The summed E-state index contributed by atoms with van der Waals surface area (Å²) in [5.41, 5.74) is -0.504. The van der Waals surface area contributed by atoms with E-state index >= 15 is 0 Å². The number of nitrogens with zero attached hydrogens (tertiary/aromatic N) is 2. The predicted molar refractivity (Wildman–Crippen MR) is 74.3 cm³/mol. The fraction of sp³-hybridized carbons (Fsp3) is 0.214. The molecule has 0 bridgehead atoms. The maximum Gasteiger partial charge on any atom is 0.433 e. The molecule has 1 heterocycles. The number of alkyl halides is 3. The number of hydrogen-bond donors (Lipinski definition) is 2. The van der Waals surface area contributed by atoms with E-state index in [1.807, 2.05) is 0 Å². The maximum atomic E-state index is 12.5. The van der Waals surface area contributed by atoms with Crippen molar-refractivity contribution in [3.8, 4) is 0 Å². The Morgan fingerprint density at radius 1 is 1.09 bits per heavy atom. The van der Waals surface area contributed by atoms with E-state index < -0.39 is 11.9 Å². The Morgan fingerprint density at radius 3 is 2.50 bits per heavy atom. The summed E-state index contributed by atoms with van der Waals surface area (Å²) in [5, 5.41) is 5.26. The van der Waals surface area contributed by atoms with Crippen LogP contribution in [0, 0.1) is 0 Å². The van der Waals surface area contributed by atoms with Crippen molar-refractivity contribution in [3.63, 3.8) is 0 Å². The van der Waals surface area contributed by atoms with E-state index in [2.05, 4.69) is 20.6 Å². The highest BCUT2D eigenvalue weighted by molar-refractivity contribution is 5.94. The van der Waals surface area contributed by atoms with Gasteiger partial charge in [-0.05, 0) is 18.2 Å². The van der Waals surface area contributed by atoms with E-state index in [0.717, 1.165) is 12.3 Å². The zero-order valence-electron chi connectivity index (χ0n) is 11.4. The van der Waals surface area contributed by atoms with Gasteiger partial charge in [-0.25, -0.2) is 9.97 Å². The van der Waals surface area contributed by atoms with Crippen LogP contribution in [0.25, 0.3) is 0 Å². The Morgan fingerprint density at radius 2 is 1.82 bits per heavy atom. The summed E-state index contributed by atoms with van der Waals surface area (Å²) in [6.45, 7) is 0.438. The van der Waals surface area contributed by atoms with E-state index in [0.29, 0.717) is 5.56 Å². The molecule has 0 aliphatic carbocycles. The van der Waals surface area contributed by atoms with Gasteiger partial charge in [-0.1, -0.05) is 18.2 Å². The number of carbonyl (C=O) groups is 1. The summed E-state index contributed by atoms with van der Waals surface area (Å²) in [5.74, 6) is -0.392. The van der Waals surface area contributed by atoms with Gasteiger partial charge in [0.1, 0.15) is 5.69 Å². The lowest BCUT2D eigenvalue weighted by atomic mass is 10.2. The monoisotopic (exact) mass is 310 g/mol. The van der Waals surface area contributed by atoms with Crippen LogP contribution in [-0.4, -0.2) is 29.0 Å². The molecule has 0 saturated carbocycles. The lowest BCUT2D eigenvalue weighted by Gasteiger charge is -2.09. The molecule has 8 heteroatoms. The summed E-state index contributed by atoms with van der Waals surface area (Å²) in [6.07, 6.45) is -3.48. The minimum absolute atomic E-state index is 0.135. The van der Waals surface area contributed by atoms with Gasteiger partial charge in [-0.2, -0.15) is 13.2 Å². The average Bonchev–Trinajstić information content (AvgIpc) is 2.52. The molecule has 2 aromatic rings. The zero-order chi connectivity index (χ0) is 16.0. The highest BCUT2D eigenvalue weighted by atomic mass is 19.4. The first-order valence-corrected chi connectivity index (χ1v) is 6.44. The first kappa shape index (κ1) is 15.7. The van der Waals surface area contributed by atoms with Crippen LogP contribution >= 0.6 is 0 Å². The van der Waals surface area contributed by atoms with Crippen molar-refractivity contribution in [2.75, 3.05) is 18.4 Å². The van der Waals surface area contributed by atoms with E-state index in [4.69, 9.17) is 0 Å². The number of halogens is 3. The molecule has 0 saturated heterocycles. The molecule has 2 rings (SSSR count). The predicted octanol–water partition coefficient (Wildman–Crippen LogP) is 2.34. The molecule has 0 aliphatic heterocycles. The molecule has 0 fully saturated rings. The van der Waals surface area contributed by atoms with Crippen LogP contribution < -0.4 is 10.6 Å². The highest BCUT2D eigenvalue weighted by Crippen LogP contribution is 2.27. The molecule has 1 aromatic carbocycles. The lowest BCUT2D eigenvalue weighted by molar-refractivity contribution is -0.141. The number of nitrogens with one attached hydrogen (secondary N) is 2. The largest absolute Gasteiger partial charge is 0.433 e. The van der Waals surface area contributed by atoms with Gasteiger partial charge < -0.3 is 10.6 Å².